The van der Waals surface area contributed by atoms with Gasteiger partial charge in [-0.15, -0.1) is 0 Å². The SMILES string of the molecule is CC(C)Cc1nc(C2C3CCCCC32)oc1C(=O)O. The van der Waals surface area contributed by atoms with Crippen LogP contribution in [0.3, 0.4) is 0 Å². The third-order valence-electron chi connectivity index (χ3n) is 4.45. The normalized spacial score (nSPS) is 29.3. The molecule has 2 fully saturated rings. The van der Waals surface area contributed by atoms with E-state index in [4.69, 9.17) is 4.42 Å². The van der Waals surface area contributed by atoms with Crippen LogP contribution >= 0.6 is 0 Å². The Hall–Kier alpha value is -1.32. The fourth-order valence-electron chi connectivity index (χ4n) is 3.56. The first kappa shape index (κ1) is 12.7. The molecule has 0 aliphatic heterocycles. The molecule has 0 radical (unpaired) electrons. The first-order valence-corrected chi connectivity index (χ1v) is 7.30. The van der Waals surface area contributed by atoms with E-state index < -0.39 is 5.97 Å². The average Bonchev–Trinajstić information content (AvgIpc) is 2.94. The van der Waals surface area contributed by atoms with E-state index in [0.29, 0.717) is 41.7 Å². The molecule has 2 aliphatic rings. The van der Waals surface area contributed by atoms with E-state index in [-0.39, 0.29) is 5.76 Å². The fraction of sp³-hybridized carbons (Fsp3) is 0.733. The molecule has 3 rings (SSSR count). The molecule has 0 spiro atoms. The Balaban J connectivity index is 1.85. The molecule has 1 aromatic rings. The number of carbonyl (C=O) groups is 1. The van der Waals surface area contributed by atoms with Crippen molar-refractivity contribution in [1.29, 1.82) is 0 Å². The summed E-state index contributed by atoms with van der Waals surface area (Å²) in [6.07, 6.45) is 5.76. The van der Waals surface area contributed by atoms with Gasteiger partial charge in [-0.1, -0.05) is 26.7 Å². The summed E-state index contributed by atoms with van der Waals surface area (Å²) in [5, 5.41) is 9.22. The Labute approximate surface area is 113 Å². The van der Waals surface area contributed by atoms with Gasteiger partial charge in [-0.25, -0.2) is 9.78 Å². The number of nitrogens with zero attached hydrogens (tertiary/aromatic N) is 1. The molecule has 4 nitrogen and oxygen atoms in total. The number of fused-ring (bicyclic) bond motifs is 1. The van der Waals surface area contributed by atoms with Crippen LogP contribution in [0.2, 0.25) is 0 Å². The molecule has 2 unspecified atom stereocenters. The summed E-state index contributed by atoms with van der Waals surface area (Å²) in [5.74, 6) is 1.93. The van der Waals surface area contributed by atoms with E-state index >= 15 is 0 Å². The number of hydrogen-bond acceptors (Lipinski definition) is 3. The van der Waals surface area contributed by atoms with Crippen LogP contribution in [0.25, 0.3) is 0 Å². The van der Waals surface area contributed by atoms with Crippen molar-refractivity contribution in [2.24, 2.45) is 17.8 Å². The van der Waals surface area contributed by atoms with Crippen LogP contribution in [0.5, 0.6) is 0 Å². The zero-order valence-corrected chi connectivity index (χ0v) is 11.6. The minimum atomic E-state index is -0.988. The topological polar surface area (TPSA) is 63.3 Å². The highest BCUT2D eigenvalue weighted by atomic mass is 16.4. The van der Waals surface area contributed by atoms with E-state index in [1.165, 1.54) is 25.7 Å². The van der Waals surface area contributed by atoms with Crippen molar-refractivity contribution in [2.45, 2.75) is 51.9 Å². The highest BCUT2D eigenvalue weighted by Crippen LogP contribution is 2.61. The van der Waals surface area contributed by atoms with Crippen LogP contribution in [0.4, 0.5) is 0 Å². The lowest BCUT2D eigenvalue weighted by molar-refractivity contribution is 0.0658. The van der Waals surface area contributed by atoms with Gasteiger partial charge in [0, 0.05) is 5.92 Å². The van der Waals surface area contributed by atoms with Gasteiger partial charge in [0.05, 0.1) is 5.69 Å². The molecule has 2 aliphatic carbocycles. The van der Waals surface area contributed by atoms with Crippen molar-refractivity contribution in [3.05, 3.63) is 17.3 Å². The number of carboxylic acid groups (broad SMARTS) is 1. The van der Waals surface area contributed by atoms with Gasteiger partial charge in [-0.05, 0) is 37.0 Å². The Morgan fingerprint density at radius 2 is 2.00 bits per heavy atom. The van der Waals surface area contributed by atoms with Crippen molar-refractivity contribution >= 4 is 5.97 Å². The number of aromatic carboxylic acids is 1. The summed E-state index contributed by atoms with van der Waals surface area (Å²) in [4.78, 5) is 15.8. The highest BCUT2D eigenvalue weighted by Gasteiger charge is 2.54. The number of hydrogen-bond donors (Lipinski definition) is 1. The molecular formula is C15H21NO3. The average molecular weight is 263 g/mol. The van der Waals surface area contributed by atoms with Gasteiger partial charge in [0.25, 0.3) is 0 Å². The third-order valence-corrected chi connectivity index (χ3v) is 4.45. The molecular weight excluding hydrogens is 242 g/mol. The summed E-state index contributed by atoms with van der Waals surface area (Å²) in [5.41, 5.74) is 0.626. The van der Waals surface area contributed by atoms with Gasteiger partial charge in [-0.3, -0.25) is 0 Å². The number of rotatable bonds is 4. The zero-order valence-electron chi connectivity index (χ0n) is 11.6. The Bertz CT molecular complexity index is 480. The van der Waals surface area contributed by atoms with Gasteiger partial charge in [0.1, 0.15) is 0 Å². The van der Waals surface area contributed by atoms with E-state index in [2.05, 4.69) is 18.8 Å². The van der Waals surface area contributed by atoms with Gasteiger partial charge < -0.3 is 9.52 Å². The van der Waals surface area contributed by atoms with Crippen molar-refractivity contribution in [2.75, 3.05) is 0 Å². The summed E-state index contributed by atoms with van der Waals surface area (Å²) in [7, 11) is 0. The zero-order chi connectivity index (χ0) is 13.6. The minimum absolute atomic E-state index is 0.0624. The second-order valence-electron chi connectivity index (χ2n) is 6.37. The van der Waals surface area contributed by atoms with E-state index in [1.54, 1.807) is 0 Å². The molecule has 0 saturated heterocycles. The fourth-order valence-corrected chi connectivity index (χ4v) is 3.56. The van der Waals surface area contributed by atoms with Crippen molar-refractivity contribution in [3.8, 4) is 0 Å². The van der Waals surface area contributed by atoms with Crippen LogP contribution in [-0.4, -0.2) is 16.1 Å². The molecule has 1 N–H and O–H groups in total. The summed E-state index contributed by atoms with van der Waals surface area (Å²) >= 11 is 0. The molecule has 4 heteroatoms. The number of oxazole rings is 1. The maximum Gasteiger partial charge on any atom is 0.373 e. The Kier molecular flexibility index (Phi) is 3.11. The maximum absolute atomic E-state index is 11.2. The monoisotopic (exact) mass is 263 g/mol. The smallest absolute Gasteiger partial charge is 0.373 e. The molecule has 1 aromatic heterocycles. The summed E-state index contributed by atoms with van der Waals surface area (Å²) < 4.78 is 5.58. The Morgan fingerprint density at radius 1 is 1.37 bits per heavy atom. The second-order valence-corrected chi connectivity index (χ2v) is 6.37. The molecule has 2 atom stereocenters. The standard InChI is InChI=1S/C15H21NO3/c1-8(2)7-11-13(15(17)18)19-14(16-11)12-9-5-3-4-6-10(9)12/h8-10,12H,3-7H2,1-2H3,(H,17,18). The van der Waals surface area contributed by atoms with E-state index in [9.17, 15) is 9.90 Å². The van der Waals surface area contributed by atoms with Crippen molar-refractivity contribution < 1.29 is 14.3 Å². The molecule has 0 bridgehead atoms. The van der Waals surface area contributed by atoms with Gasteiger partial charge in [0.15, 0.2) is 5.89 Å². The first-order chi connectivity index (χ1) is 9.08. The predicted octanol–water partition coefficient (Wildman–Crippen LogP) is 3.47. The van der Waals surface area contributed by atoms with Crippen molar-refractivity contribution in [3.63, 3.8) is 0 Å². The van der Waals surface area contributed by atoms with Crippen molar-refractivity contribution in [1.82, 2.24) is 4.98 Å². The lowest BCUT2D eigenvalue weighted by atomic mass is 10.0. The molecule has 0 amide bonds. The number of aromatic nitrogens is 1. The second kappa shape index (κ2) is 4.66. The summed E-state index contributed by atoms with van der Waals surface area (Å²) in [6, 6.07) is 0. The highest BCUT2D eigenvalue weighted by molar-refractivity contribution is 5.85. The van der Waals surface area contributed by atoms with Crippen LogP contribution < -0.4 is 0 Å². The quantitative estimate of drug-likeness (QED) is 0.903. The molecule has 19 heavy (non-hydrogen) atoms. The van der Waals surface area contributed by atoms with Gasteiger partial charge in [0.2, 0.25) is 5.76 Å². The van der Waals surface area contributed by atoms with Gasteiger partial charge >= 0.3 is 5.97 Å². The van der Waals surface area contributed by atoms with Gasteiger partial charge in [-0.2, -0.15) is 0 Å². The maximum atomic E-state index is 11.2. The molecule has 2 saturated carbocycles. The first-order valence-electron chi connectivity index (χ1n) is 7.30. The third kappa shape index (κ3) is 2.28. The summed E-state index contributed by atoms with van der Waals surface area (Å²) in [6.45, 7) is 4.13. The van der Waals surface area contributed by atoms with Crippen LogP contribution in [-0.2, 0) is 6.42 Å². The minimum Gasteiger partial charge on any atom is -0.475 e. The van der Waals surface area contributed by atoms with Crippen LogP contribution in [0, 0.1) is 17.8 Å². The van der Waals surface area contributed by atoms with Crippen LogP contribution in [0.1, 0.15) is 67.6 Å². The van der Waals surface area contributed by atoms with E-state index in [0.717, 1.165) is 0 Å². The lowest BCUT2D eigenvalue weighted by Gasteiger charge is -2.04. The number of carboxylic acids is 1. The van der Waals surface area contributed by atoms with Crippen LogP contribution in [0.15, 0.2) is 4.42 Å². The predicted molar refractivity (Wildman–Crippen MR) is 70.2 cm³/mol. The molecule has 104 valence electrons. The Morgan fingerprint density at radius 3 is 2.53 bits per heavy atom. The van der Waals surface area contributed by atoms with E-state index in [1.807, 2.05) is 0 Å². The molecule has 1 heterocycles. The molecule has 0 aromatic carbocycles. The lowest BCUT2D eigenvalue weighted by Crippen LogP contribution is -2.03. The largest absolute Gasteiger partial charge is 0.475 e.